The largest absolute Gasteiger partial charge is 0.472 e. The summed E-state index contributed by atoms with van der Waals surface area (Å²) >= 11 is 0. The van der Waals surface area contributed by atoms with Crippen LogP contribution in [-0.4, -0.2) is 73.4 Å². The molecule has 0 fully saturated rings. The molecule has 3 N–H and O–H groups in total. The first-order chi connectivity index (χ1) is 21.5. The van der Waals surface area contributed by atoms with Crippen LogP contribution in [0.15, 0.2) is 36.5 Å². The number of carbonyl (C=O) groups is 1. The highest BCUT2D eigenvalue weighted by Crippen LogP contribution is 2.43. The summed E-state index contributed by atoms with van der Waals surface area (Å²) in [5.41, 5.74) is 0. The van der Waals surface area contributed by atoms with Gasteiger partial charge in [-0.05, 0) is 51.4 Å². The van der Waals surface area contributed by atoms with E-state index in [0.717, 1.165) is 51.4 Å². The number of amides is 1. The van der Waals surface area contributed by atoms with Crippen LogP contribution in [0.3, 0.4) is 0 Å². The Morgan fingerprint density at radius 1 is 0.733 bits per heavy atom. The summed E-state index contributed by atoms with van der Waals surface area (Å²) in [5.74, 6) is -0.203. The quantitative estimate of drug-likeness (QED) is 0.0298. The molecule has 1 amide bonds. The Morgan fingerprint density at radius 2 is 1.24 bits per heavy atom. The molecule has 9 heteroatoms. The SMILES string of the molecule is CCCC/C=C/CC/C=C/C(O)C(COP(=O)(O)OCC[N+](C)(C)C)NC(=O)CCCCCCC/C=C\CCCCCCCC. The zero-order valence-electron chi connectivity index (χ0n) is 29.6. The van der Waals surface area contributed by atoms with Crippen molar-refractivity contribution < 1.29 is 32.9 Å². The van der Waals surface area contributed by atoms with E-state index in [1.807, 2.05) is 27.2 Å². The van der Waals surface area contributed by atoms with E-state index in [4.69, 9.17) is 9.05 Å². The number of likely N-dealkylation sites (N-methyl/N-ethyl adjacent to an activating group) is 1. The molecule has 0 heterocycles. The lowest BCUT2D eigenvalue weighted by Gasteiger charge is -2.25. The van der Waals surface area contributed by atoms with E-state index in [0.29, 0.717) is 17.4 Å². The number of carbonyl (C=O) groups excluding carboxylic acids is 1. The van der Waals surface area contributed by atoms with Crippen LogP contribution < -0.4 is 5.32 Å². The summed E-state index contributed by atoms with van der Waals surface area (Å²) in [6.45, 7) is 4.67. The van der Waals surface area contributed by atoms with Crippen molar-refractivity contribution in [1.29, 1.82) is 0 Å². The average molecular weight is 658 g/mol. The molecule has 0 aliphatic rings. The second kappa shape index (κ2) is 28.9. The molecule has 264 valence electrons. The number of aliphatic hydroxyl groups is 1. The Hall–Kier alpha value is -1.28. The number of allylic oxidation sites excluding steroid dienone is 5. The van der Waals surface area contributed by atoms with Gasteiger partial charge in [-0.1, -0.05) is 115 Å². The first kappa shape index (κ1) is 43.7. The number of rotatable bonds is 31. The van der Waals surface area contributed by atoms with E-state index < -0.39 is 20.0 Å². The fraction of sp³-hybridized carbons (Fsp3) is 0.806. The normalized spacial score (nSPS) is 15.3. The first-order valence-corrected chi connectivity index (χ1v) is 19.4. The fourth-order valence-corrected chi connectivity index (χ4v) is 5.36. The van der Waals surface area contributed by atoms with Crippen LogP contribution in [0.4, 0.5) is 0 Å². The summed E-state index contributed by atoms with van der Waals surface area (Å²) in [7, 11) is 1.54. The molecule has 0 radical (unpaired) electrons. The first-order valence-electron chi connectivity index (χ1n) is 17.9. The second-order valence-corrected chi connectivity index (χ2v) is 14.7. The topological polar surface area (TPSA) is 105 Å². The van der Waals surface area contributed by atoms with Crippen molar-refractivity contribution >= 4 is 13.7 Å². The van der Waals surface area contributed by atoms with Crippen LogP contribution in [0.1, 0.15) is 136 Å². The van der Waals surface area contributed by atoms with Gasteiger partial charge in [0.05, 0.1) is 39.9 Å². The van der Waals surface area contributed by atoms with Crippen LogP contribution in [0.5, 0.6) is 0 Å². The number of hydrogen-bond donors (Lipinski definition) is 3. The van der Waals surface area contributed by atoms with Crippen LogP contribution in [-0.2, 0) is 18.4 Å². The Bertz CT molecular complexity index is 840. The average Bonchev–Trinajstić information content (AvgIpc) is 2.97. The Labute approximate surface area is 276 Å². The molecule has 0 bridgehead atoms. The maximum absolute atomic E-state index is 12.7. The summed E-state index contributed by atoms with van der Waals surface area (Å²) in [5, 5.41) is 13.6. The smallest absolute Gasteiger partial charge is 0.387 e. The number of nitrogens with one attached hydrogen (secondary N) is 1. The van der Waals surface area contributed by atoms with Gasteiger partial charge in [0.2, 0.25) is 5.91 Å². The molecule has 3 atom stereocenters. The van der Waals surface area contributed by atoms with Crippen LogP contribution in [0, 0.1) is 0 Å². The van der Waals surface area contributed by atoms with Crippen molar-refractivity contribution in [1.82, 2.24) is 5.32 Å². The van der Waals surface area contributed by atoms with E-state index in [1.165, 1.54) is 64.2 Å². The van der Waals surface area contributed by atoms with Crippen molar-refractivity contribution in [3.63, 3.8) is 0 Å². The fourth-order valence-electron chi connectivity index (χ4n) is 4.62. The van der Waals surface area contributed by atoms with Crippen molar-refractivity contribution in [3.05, 3.63) is 36.5 Å². The maximum atomic E-state index is 12.7. The molecule has 0 aromatic carbocycles. The number of nitrogens with zero attached hydrogens (tertiary/aromatic N) is 1. The predicted molar refractivity (Wildman–Crippen MR) is 189 cm³/mol. The van der Waals surface area contributed by atoms with Crippen molar-refractivity contribution in [2.75, 3.05) is 40.9 Å². The molecule has 0 aliphatic heterocycles. The zero-order valence-corrected chi connectivity index (χ0v) is 30.5. The molecular formula is C36H70N2O6P+. The molecule has 3 unspecified atom stereocenters. The van der Waals surface area contributed by atoms with Crippen LogP contribution in [0.2, 0.25) is 0 Å². The van der Waals surface area contributed by atoms with E-state index in [9.17, 15) is 19.4 Å². The number of phosphoric acid groups is 1. The third-order valence-electron chi connectivity index (χ3n) is 7.58. The molecule has 0 aromatic rings. The van der Waals surface area contributed by atoms with Gasteiger partial charge >= 0.3 is 7.82 Å². The predicted octanol–water partition coefficient (Wildman–Crippen LogP) is 8.79. The second-order valence-electron chi connectivity index (χ2n) is 13.2. The van der Waals surface area contributed by atoms with Gasteiger partial charge in [0, 0.05) is 6.42 Å². The van der Waals surface area contributed by atoms with E-state index >= 15 is 0 Å². The van der Waals surface area contributed by atoms with Crippen LogP contribution in [0.25, 0.3) is 0 Å². The lowest BCUT2D eigenvalue weighted by atomic mass is 10.1. The number of aliphatic hydroxyl groups excluding tert-OH is 1. The molecule has 0 spiro atoms. The lowest BCUT2D eigenvalue weighted by Crippen LogP contribution is -2.45. The summed E-state index contributed by atoms with van der Waals surface area (Å²) in [4.78, 5) is 22.9. The number of phosphoric ester groups is 1. The highest BCUT2D eigenvalue weighted by atomic mass is 31.2. The highest BCUT2D eigenvalue weighted by molar-refractivity contribution is 7.47. The summed E-state index contributed by atoms with van der Waals surface area (Å²) in [6.07, 6.45) is 32.2. The van der Waals surface area contributed by atoms with Gasteiger partial charge in [0.15, 0.2) is 0 Å². The molecular weight excluding hydrogens is 587 g/mol. The standard InChI is InChI=1S/C36H69N2O6P/c1-6-8-10-12-14-16-17-18-19-20-21-22-24-26-28-30-36(40)37-34(33-44-45(41,42)43-32-31-38(3,4)5)35(39)29-27-25-23-15-13-11-9-7-2/h13,15,18-19,27,29,34-35,39H,6-12,14,16-17,20-26,28,30-33H2,1-5H3,(H-,37,40,41,42)/p+1/b15-13+,19-18-,29-27+. The van der Waals surface area contributed by atoms with Gasteiger partial charge < -0.3 is 19.8 Å². The molecule has 0 aliphatic carbocycles. The number of unbranched alkanes of at least 4 members (excludes halogenated alkanes) is 14. The Kier molecular flexibility index (Phi) is 28.1. The molecule has 0 saturated carbocycles. The van der Waals surface area contributed by atoms with E-state index in [1.54, 1.807) is 6.08 Å². The molecule has 0 aromatic heterocycles. The van der Waals surface area contributed by atoms with Gasteiger partial charge in [-0.3, -0.25) is 13.8 Å². The molecule has 8 nitrogen and oxygen atoms in total. The van der Waals surface area contributed by atoms with Gasteiger partial charge in [-0.25, -0.2) is 4.57 Å². The molecule has 45 heavy (non-hydrogen) atoms. The molecule has 0 saturated heterocycles. The minimum atomic E-state index is -4.33. The number of quaternary nitrogens is 1. The van der Waals surface area contributed by atoms with E-state index in [-0.39, 0.29) is 19.1 Å². The Balaban J connectivity index is 4.53. The zero-order chi connectivity index (χ0) is 33.7. The highest BCUT2D eigenvalue weighted by Gasteiger charge is 2.27. The van der Waals surface area contributed by atoms with Crippen molar-refractivity contribution in [2.24, 2.45) is 0 Å². The summed E-state index contributed by atoms with van der Waals surface area (Å²) < 4.78 is 23.3. The molecule has 0 rings (SSSR count). The van der Waals surface area contributed by atoms with Gasteiger partial charge in [0.25, 0.3) is 0 Å². The minimum Gasteiger partial charge on any atom is -0.387 e. The van der Waals surface area contributed by atoms with Gasteiger partial charge in [0.1, 0.15) is 13.2 Å². The third-order valence-corrected chi connectivity index (χ3v) is 8.57. The maximum Gasteiger partial charge on any atom is 0.472 e. The van der Waals surface area contributed by atoms with Gasteiger partial charge in [-0.15, -0.1) is 0 Å². The third kappa shape index (κ3) is 31.1. The monoisotopic (exact) mass is 657 g/mol. The lowest BCUT2D eigenvalue weighted by molar-refractivity contribution is -0.870. The van der Waals surface area contributed by atoms with Crippen molar-refractivity contribution in [3.8, 4) is 0 Å². The minimum absolute atomic E-state index is 0.0536. The van der Waals surface area contributed by atoms with Crippen molar-refractivity contribution in [2.45, 2.75) is 148 Å². The Morgan fingerprint density at radius 3 is 1.84 bits per heavy atom. The van der Waals surface area contributed by atoms with E-state index in [2.05, 4.69) is 43.5 Å². The number of hydrogen-bond acceptors (Lipinski definition) is 5. The van der Waals surface area contributed by atoms with Gasteiger partial charge in [-0.2, -0.15) is 0 Å². The summed E-state index contributed by atoms with van der Waals surface area (Å²) in [6, 6.07) is -0.862. The van der Waals surface area contributed by atoms with Crippen LogP contribution >= 0.6 is 7.82 Å².